The predicted molar refractivity (Wildman–Crippen MR) is 133 cm³/mol. The second-order valence-corrected chi connectivity index (χ2v) is 11.7. The highest BCUT2D eigenvalue weighted by Gasteiger charge is 2.70. The van der Waals surface area contributed by atoms with E-state index in [2.05, 4.69) is 16.2 Å². The topological polar surface area (TPSA) is 120 Å². The van der Waals surface area contributed by atoms with Crippen LogP contribution in [0.3, 0.4) is 0 Å². The standard InChI is InChI=1S/C27H29F3N6O3/c1-7-14-9-8-10-18-32-12-17(36(14)18)16(11-31)33-22(37)20-19-15(26(19,5)6)13-35(20)23(38)21(25(2,3)4)34-24(39)27(28,29)30/h1,8-10,12,15-16,19-21H,13H2,2-6H3,(H,33,37)(H,34,39)/t15-,16?,19-,20-,21+/m0/s1. The van der Waals surface area contributed by atoms with Crippen molar-refractivity contribution in [2.24, 2.45) is 22.7 Å². The Balaban J connectivity index is 1.65. The number of terminal acetylenes is 1. The molecule has 3 amide bonds. The van der Waals surface area contributed by atoms with E-state index in [9.17, 15) is 32.8 Å². The van der Waals surface area contributed by atoms with E-state index in [0.29, 0.717) is 17.0 Å². The smallest absolute Gasteiger partial charge is 0.336 e. The number of rotatable bonds is 5. The Morgan fingerprint density at radius 1 is 1.21 bits per heavy atom. The molecule has 206 valence electrons. The molecule has 2 aromatic rings. The predicted octanol–water partition coefficient (Wildman–Crippen LogP) is 2.57. The Hall–Kier alpha value is -4.06. The second-order valence-electron chi connectivity index (χ2n) is 11.7. The van der Waals surface area contributed by atoms with Crippen molar-refractivity contribution in [3.63, 3.8) is 0 Å². The summed E-state index contributed by atoms with van der Waals surface area (Å²) in [6.07, 6.45) is 1.85. The van der Waals surface area contributed by atoms with Gasteiger partial charge in [0.05, 0.1) is 23.7 Å². The molecule has 1 aliphatic carbocycles. The highest BCUT2D eigenvalue weighted by molar-refractivity contribution is 5.95. The molecule has 1 saturated heterocycles. The van der Waals surface area contributed by atoms with Gasteiger partial charge in [-0.15, -0.1) is 6.42 Å². The van der Waals surface area contributed by atoms with E-state index in [-0.39, 0.29) is 23.8 Å². The Kier molecular flexibility index (Phi) is 6.66. The van der Waals surface area contributed by atoms with Crippen LogP contribution < -0.4 is 10.6 Å². The summed E-state index contributed by atoms with van der Waals surface area (Å²) < 4.78 is 40.7. The lowest BCUT2D eigenvalue weighted by molar-refractivity contribution is -0.176. The number of nitrogens with one attached hydrogen (secondary N) is 2. The van der Waals surface area contributed by atoms with Crippen molar-refractivity contribution < 1.29 is 27.6 Å². The number of piperidine rings is 1. The molecule has 0 radical (unpaired) electrons. The van der Waals surface area contributed by atoms with Crippen LogP contribution in [-0.2, 0) is 14.4 Å². The molecule has 2 N–H and O–H groups in total. The molecule has 4 rings (SSSR count). The summed E-state index contributed by atoms with van der Waals surface area (Å²) >= 11 is 0. The number of hydrogen-bond acceptors (Lipinski definition) is 5. The molecule has 39 heavy (non-hydrogen) atoms. The largest absolute Gasteiger partial charge is 0.471 e. The Labute approximate surface area is 223 Å². The minimum Gasteiger partial charge on any atom is -0.336 e. The van der Waals surface area contributed by atoms with Gasteiger partial charge in [0.15, 0.2) is 6.04 Å². The first-order chi connectivity index (χ1) is 18.0. The Morgan fingerprint density at radius 2 is 1.87 bits per heavy atom. The number of carbonyl (C=O) groups is 3. The lowest BCUT2D eigenvalue weighted by Gasteiger charge is -2.37. The molecule has 2 aromatic heterocycles. The van der Waals surface area contributed by atoms with E-state index in [4.69, 9.17) is 6.42 Å². The van der Waals surface area contributed by atoms with Gasteiger partial charge in [0.2, 0.25) is 11.8 Å². The third-order valence-corrected chi connectivity index (χ3v) is 7.82. The van der Waals surface area contributed by atoms with Gasteiger partial charge in [-0.05, 0) is 34.8 Å². The SMILES string of the molecule is C#Cc1cccc2ncc(C(C#N)NC(=O)[C@@H]3[C@@H]4[C@H](CN3C(=O)[C@@H](NC(=O)C(F)(F)F)C(C)(C)C)C4(C)C)n12. The molecule has 1 aliphatic heterocycles. The maximum atomic E-state index is 13.7. The molecular weight excluding hydrogens is 513 g/mol. The monoisotopic (exact) mass is 542 g/mol. The summed E-state index contributed by atoms with van der Waals surface area (Å²) in [6, 6.07) is 3.34. The molecule has 9 nitrogen and oxygen atoms in total. The molecule has 0 bridgehead atoms. The number of carbonyl (C=O) groups excluding carboxylic acids is 3. The number of alkyl halides is 3. The second kappa shape index (κ2) is 9.30. The average molecular weight is 543 g/mol. The highest BCUT2D eigenvalue weighted by atomic mass is 19.4. The fourth-order valence-electron chi connectivity index (χ4n) is 5.62. The molecule has 0 spiro atoms. The number of likely N-dealkylation sites (tertiary alicyclic amines) is 1. The van der Waals surface area contributed by atoms with Crippen LogP contribution in [0.25, 0.3) is 5.65 Å². The molecule has 1 unspecified atom stereocenters. The van der Waals surface area contributed by atoms with E-state index in [1.165, 1.54) is 31.9 Å². The van der Waals surface area contributed by atoms with E-state index >= 15 is 0 Å². The minimum absolute atomic E-state index is 0.0690. The van der Waals surface area contributed by atoms with Crippen molar-refractivity contribution in [2.45, 2.75) is 58.9 Å². The molecule has 12 heteroatoms. The van der Waals surface area contributed by atoms with Crippen molar-refractivity contribution in [2.75, 3.05) is 6.54 Å². The maximum Gasteiger partial charge on any atom is 0.471 e. The first-order valence-electron chi connectivity index (χ1n) is 12.3. The zero-order valence-corrected chi connectivity index (χ0v) is 22.1. The molecule has 0 aromatic carbocycles. The summed E-state index contributed by atoms with van der Waals surface area (Å²) in [5.74, 6) is -1.48. The fraction of sp³-hybridized carbons (Fsp3) is 0.519. The normalized spacial score (nSPS) is 23.2. The zero-order chi connectivity index (χ0) is 29.1. The number of nitrogens with zero attached hydrogens (tertiary/aromatic N) is 4. The van der Waals surface area contributed by atoms with Crippen LogP contribution in [0, 0.1) is 46.3 Å². The lowest BCUT2D eigenvalue weighted by Crippen LogP contribution is -2.60. The van der Waals surface area contributed by atoms with E-state index in [1.807, 2.05) is 25.2 Å². The van der Waals surface area contributed by atoms with Crippen LogP contribution in [-0.4, -0.2) is 56.8 Å². The number of halogens is 3. The van der Waals surface area contributed by atoms with Crippen LogP contribution in [0.1, 0.15) is 52.0 Å². The number of amides is 3. The highest BCUT2D eigenvalue weighted by Crippen LogP contribution is 2.65. The maximum absolute atomic E-state index is 13.7. The Bertz CT molecular complexity index is 1430. The number of hydrogen-bond donors (Lipinski definition) is 2. The lowest BCUT2D eigenvalue weighted by atomic mass is 9.85. The van der Waals surface area contributed by atoms with E-state index in [1.54, 1.807) is 22.6 Å². The quantitative estimate of drug-likeness (QED) is 0.563. The molecule has 2 aliphatic rings. The van der Waals surface area contributed by atoms with Crippen LogP contribution >= 0.6 is 0 Å². The number of pyridine rings is 1. The summed E-state index contributed by atoms with van der Waals surface area (Å²) in [7, 11) is 0. The third-order valence-electron chi connectivity index (χ3n) is 7.82. The first kappa shape index (κ1) is 28.0. The molecular formula is C27H29F3N6O3. The summed E-state index contributed by atoms with van der Waals surface area (Å²) in [4.78, 5) is 44.6. The number of imidazole rings is 1. The molecule has 5 atom stereocenters. The number of aromatic nitrogens is 2. The van der Waals surface area contributed by atoms with Gasteiger partial charge >= 0.3 is 12.1 Å². The van der Waals surface area contributed by atoms with Crippen molar-refractivity contribution in [1.29, 1.82) is 5.26 Å². The van der Waals surface area contributed by atoms with E-state index < -0.39 is 47.4 Å². The van der Waals surface area contributed by atoms with Crippen LogP contribution in [0.15, 0.2) is 24.4 Å². The summed E-state index contributed by atoms with van der Waals surface area (Å²) in [5.41, 5.74) is -0.165. The van der Waals surface area contributed by atoms with Gasteiger partial charge in [0.25, 0.3) is 0 Å². The zero-order valence-electron chi connectivity index (χ0n) is 22.1. The van der Waals surface area contributed by atoms with Crippen molar-refractivity contribution >= 4 is 23.4 Å². The van der Waals surface area contributed by atoms with Crippen molar-refractivity contribution in [3.8, 4) is 18.4 Å². The summed E-state index contributed by atoms with van der Waals surface area (Å²) in [6.45, 7) is 8.62. The first-order valence-corrected chi connectivity index (χ1v) is 12.3. The number of nitriles is 1. The average Bonchev–Trinajstić information content (AvgIpc) is 3.22. The van der Waals surface area contributed by atoms with Gasteiger partial charge in [0.1, 0.15) is 17.7 Å². The minimum atomic E-state index is -5.18. The van der Waals surface area contributed by atoms with Gasteiger partial charge in [-0.1, -0.05) is 46.6 Å². The Morgan fingerprint density at radius 3 is 2.44 bits per heavy atom. The van der Waals surface area contributed by atoms with Gasteiger partial charge in [-0.2, -0.15) is 18.4 Å². The van der Waals surface area contributed by atoms with E-state index in [0.717, 1.165) is 0 Å². The summed E-state index contributed by atoms with van der Waals surface area (Å²) in [5, 5.41) is 14.5. The van der Waals surface area contributed by atoms with Crippen molar-refractivity contribution in [1.82, 2.24) is 24.9 Å². The molecule has 3 heterocycles. The van der Waals surface area contributed by atoms with Crippen LogP contribution in [0.2, 0.25) is 0 Å². The van der Waals surface area contributed by atoms with Crippen LogP contribution in [0.4, 0.5) is 13.2 Å². The molecule has 2 fully saturated rings. The van der Waals surface area contributed by atoms with Gasteiger partial charge in [0, 0.05) is 6.54 Å². The molecule has 1 saturated carbocycles. The number of fused-ring (bicyclic) bond motifs is 2. The van der Waals surface area contributed by atoms with Crippen molar-refractivity contribution in [3.05, 3.63) is 35.8 Å². The van der Waals surface area contributed by atoms with Gasteiger partial charge in [-0.3, -0.25) is 18.8 Å². The third kappa shape index (κ3) is 4.80. The van der Waals surface area contributed by atoms with Gasteiger partial charge in [-0.25, -0.2) is 4.98 Å². The van der Waals surface area contributed by atoms with Gasteiger partial charge < -0.3 is 15.5 Å². The fourth-order valence-corrected chi connectivity index (χ4v) is 5.62. The van der Waals surface area contributed by atoms with Crippen LogP contribution in [0.5, 0.6) is 0 Å².